The Morgan fingerprint density at radius 1 is 0.125 bits per heavy atom. The van der Waals surface area contributed by atoms with Crippen molar-refractivity contribution in [1.29, 1.82) is 0 Å². The van der Waals surface area contributed by atoms with Gasteiger partial charge in [0.25, 0.3) is 0 Å². The van der Waals surface area contributed by atoms with Crippen molar-refractivity contribution in [1.82, 2.24) is 34.9 Å². The first-order chi connectivity index (χ1) is 71.3. The number of nitrogens with zero attached hydrogens (tertiary/aromatic N) is 7. The van der Waals surface area contributed by atoms with Crippen molar-refractivity contribution in [2.45, 2.75) is 0 Å². The lowest BCUT2D eigenvalue weighted by Gasteiger charge is -2.16. The van der Waals surface area contributed by atoms with E-state index in [9.17, 15) is 0 Å². The molecule has 0 saturated carbocycles. The summed E-state index contributed by atoms with van der Waals surface area (Å²) in [6, 6.07) is 176. The third kappa shape index (κ3) is 14.4. The molecule has 0 aliphatic heterocycles. The molecule has 30 rings (SSSR count). The first kappa shape index (κ1) is 83.0. The zero-order chi connectivity index (χ0) is 94.8. The minimum absolute atomic E-state index is 0.610. The minimum Gasteiger partial charge on any atom is -0.264 e. The van der Waals surface area contributed by atoms with Gasteiger partial charge in [0.1, 0.15) is 0 Å². The number of benzene rings is 25. The zero-order valence-electron chi connectivity index (χ0n) is 78.1. The fraction of sp³-hybridized carbons (Fsp3) is 0. The molecule has 144 heavy (non-hydrogen) atoms. The highest BCUT2D eigenvalue weighted by atomic mass is 15.0. The Labute approximate surface area is 829 Å². The molecule has 0 radical (unpaired) electrons. The number of fused-ring (bicyclic) bond motifs is 16. The second kappa shape index (κ2) is 34.4. The van der Waals surface area contributed by atoms with E-state index in [1.54, 1.807) is 6.20 Å². The van der Waals surface area contributed by atoms with Crippen LogP contribution >= 0.6 is 0 Å². The smallest absolute Gasteiger partial charge is 0.164 e. The normalized spacial score (nSPS) is 11.8. The molecular formula is C137H83N7. The predicted molar refractivity (Wildman–Crippen MR) is 606 cm³/mol. The Bertz CT molecular complexity index is 10300. The van der Waals surface area contributed by atoms with E-state index in [2.05, 4.69) is 430 Å². The first-order valence-corrected chi connectivity index (χ1v) is 49.1. The van der Waals surface area contributed by atoms with Crippen molar-refractivity contribution in [3.8, 4) is 124 Å². The highest BCUT2D eigenvalue weighted by Crippen LogP contribution is 2.48. The Morgan fingerprint density at radius 3 is 0.847 bits per heavy atom. The summed E-state index contributed by atoms with van der Waals surface area (Å²) in [7, 11) is 0. The maximum atomic E-state index is 5.49. The minimum atomic E-state index is 0.610. The molecule has 7 heteroatoms. The fourth-order valence-corrected chi connectivity index (χ4v) is 22.4. The van der Waals surface area contributed by atoms with Gasteiger partial charge in [-0.15, -0.1) is 0 Å². The van der Waals surface area contributed by atoms with Crippen LogP contribution in [-0.2, 0) is 0 Å². The van der Waals surface area contributed by atoms with Crippen molar-refractivity contribution in [2.24, 2.45) is 0 Å². The van der Waals surface area contributed by atoms with E-state index in [0.717, 1.165) is 88.9 Å². The summed E-state index contributed by atoms with van der Waals surface area (Å²) in [4.78, 5) is 35.5. The standard InChI is InChI=1S/C49H29N.C45H27N.C43H27N5/c1-2-9-35-27-36(18-15-30(35)7-1)37-22-25-43-45(29-37)50-49(44-26-19-31-8-3-4-14-41(31)48(43)44)39-13-6-12-38(28-39)40-23-20-34-17-16-32-10-5-11-33-21-24-42(40)47(34)46(32)33;1-2-8-28(9-3-1)33-21-24-39-41(27-33)46-45(40-25-18-29-10-4-5-15-37(29)44(39)40)35-14-7-13-34(26-35)36-22-19-32-17-16-30-11-6-12-31-20-23-38(36)43(32)42(30)31;1-3-12-29(13-4-1)41-46-42(30-14-5-2-6-15-30)48-43(47-41)33-17-9-16-32(25-33)40-37-23-20-28-11-7-8-19-35(28)39(37)36-22-21-31(26-38(36)45-40)34-18-10-24-44-27-34/h1-29H;1-27H;1-27H. The Balaban J connectivity index is 0.000000105. The molecule has 30 aromatic rings. The number of hydrogen-bond donors (Lipinski definition) is 0. The average Bonchev–Trinajstić information content (AvgIpc) is 0.741. The first-order valence-electron chi connectivity index (χ1n) is 49.1. The van der Waals surface area contributed by atoms with E-state index in [1.807, 2.05) is 72.9 Å². The van der Waals surface area contributed by atoms with E-state index >= 15 is 0 Å². The van der Waals surface area contributed by atoms with Gasteiger partial charge in [-0.2, -0.15) is 0 Å². The van der Waals surface area contributed by atoms with Crippen LogP contribution in [0.15, 0.2) is 504 Å². The van der Waals surface area contributed by atoms with Crippen LogP contribution in [-0.4, -0.2) is 34.9 Å². The van der Waals surface area contributed by atoms with Crippen LogP contribution in [0.25, 0.3) is 296 Å². The Morgan fingerprint density at radius 2 is 0.410 bits per heavy atom. The van der Waals surface area contributed by atoms with Crippen molar-refractivity contribution < 1.29 is 0 Å². The molecule has 0 amide bonds. The molecule has 0 spiro atoms. The summed E-state index contributed by atoms with van der Waals surface area (Å²) in [5.41, 5.74) is 23.6. The summed E-state index contributed by atoms with van der Waals surface area (Å²) in [6.07, 6.45) is 3.69. The van der Waals surface area contributed by atoms with Gasteiger partial charge in [0.2, 0.25) is 0 Å². The molecule has 666 valence electrons. The van der Waals surface area contributed by atoms with E-state index in [0.29, 0.717) is 17.5 Å². The van der Waals surface area contributed by atoms with Crippen molar-refractivity contribution in [3.63, 3.8) is 0 Å². The Kier molecular flexibility index (Phi) is 19.9. The van der Waals surface area contributed by atoms with E-state index in [1.165, 1.54) is 190 Å². The number of aromatic nitrogens is 7. The lowest BCUT2D eigenvalue weighted by atomic mass is 9.89. The van der Waals surface area contributed by atoms with Gasteiger partial charge < -0.3 is 0 Å². The van der Waals surface area contributed by atoms with Gasteiger partial charge in [0.05, 0.1) is 33.6 Å². The van der Waals surface area contributed by atoms with Gasteiger partial charge in [-0.25, -0.2) is 29.9 Å². The third-order valence-corrected chi connectivity index (χ3v) is 29.3. The average molecular weight is 1830 g/mol. The van der Waals surface area contributed by atoms with Crippen molar-refractivity contribution in [3.05, 3.63) is 504 Å². The topological polar surface area (TPSA) is 90.2 Å². The van der Waals surface area contributed by atoms with Crippen LogP contribution in [0.4, 0.5) is 0 Å². The van der Waals surface area contributed by atoms with Crippen molar-refractivity contribution in [2.75, 3.05) is 0 Å². The van der Waals surface area contributed by atoms with E-state index in [-0.39, 0.29) is 0 Å². The van der Waals surface area contributed by atoms with Crippen molar-refractivity contribution >= 4 is 173 Å². The van der Waals surface area contributed by atoms with Gasteiger partial charge >= 0.3 is 0 Å². The van der Waals surface area contributed by atoms with Crippen LogP contribution in [0.1, 0.15) is 0 Å². The summed E-state index contributed by atoms with van der Waals surface area (Å²) in [5.74, 6) is 1.88. The summed E-state index contributed by atoms with van der Waals surface area (Å²) < 4.78 is 0. The summed E-state index contributed by atoms with van der Waals surface area (Å²) >= 11 is 0. The highest BCUT2D eigenvalue weighted by Gasteiger charge is 2.24. The molecular weight excluding hydrogens is 1740 g/mol. The van der Waals surface area contributed by atoms with Crippen LogP contribution in [0.3, 0.4) is 0 Å². The lowest BCUT2D eigenvalue weighted by Crippen LogP contribution is -2.00. The second-order valence-corrected chi connectivity index (χ2v) is 37.6. The number of rotatable bonds is 11. The second-order valence-electron chi connectivity index (χ2n) is 37.6. The molecule has 0 aliphatic rings. The predicted octanol–water partition coefficient (Wildman–Crippen LogP) is 36.5. The molecule has 0 atom stereocenters. The maximum absolute atomic E-state index is 5.49. The fourth-order valence-electron chi connectivity index (χ4n) is 22.4. The molecule has 5 heterocycles. The third-order valence-electron chi connectivity index (χ3n) is 29.3. The lowest BCUT2D eigenvalue weighted by molar-refractivity contribution is 1.07. The van der Waals surface area contributed by atoms with Crippen LogP contribution in [0.2, 0.25) is 0 Å². The molecule has 0 saturated heterocycles. The molecule has 7 nitrogen and oxygen atoms in total. The Hall–Kier alpha value is -19.2. The SMILES string of the molecule is c1cc(-c2nc3cc(-c4ccc5ccccc5c4)ccc3c3c2ccc2ccccc23)cc(-c2ccc3ccc4cccc5ccc2c3c45)c1.c1ccc(-c2ccc3c(c2)nc(-c2cccc(-c4ccc5ccc6cccc7ccc4c5c67)c2)c2ccc4ccccc4c23)cc1.c1ccc(-c2nc(-c3ccccc3)nc(-c3cccc(-c4nc5cc(-c6cccnc6)ccc5c5c4ccc4ccccc45)c3)n2)cc1. The molecule has 0 N–H and O–H groups in total. The summed E-state index contributed by atoms with van der Waals surface area (Å²) in [5, 5.41) is 36.1. The van der Waals surface area contributed by atoms with Gasteiger partial charge in [-0.3, -0.25) is 4.98 Å². The molecule has 0 bridgehead atoms. The monoisotopic (exact) mass is 1830 g/mol. The van der Waals surface area contributed by atoms with Gasteiger partial charge in [-0.05, 0) is 206 Å². The quantitative estimate of drug-likeness (QED) is 0.119. The van der Waals surface area contributed by atoms with Crippen LogP contribution in [0.5, 0.6) is 0 Å². The molecule has 0 fully saturated rings. The van der Waals surface area contributed by atoms with E-state index < -0.39 is 0 Å². The van der Waals surface area contributed by atoms with Gasteiger partial charge in [0.15, 0.2) is 17.5 Å². The van der Waals surface area contributed by atoms with Crippen LogP contribution in [0, 0.1) is 0 Å². The van der Waals surface area contributed by atoms with Crippen LogP contribution < -0.4 is 0 Å². The maximum Gasteiger partial charge on any atom is 0.164 e. The molecule has 0 aliphatic carbocycles. The number of pyridine rings is 4. The number of hydrogen-bond acceptors (Lipinski definition) is 7. The summed E-state index contributed by atoms with van der Waals surface area (Å²) in [6.45, 7) is 0. The largest absolute Gasteiger partial charge is 0.264 e. The molecule has 0 unspecified atom stereocenters. The van der Waals surface area contributed by atoms with Gasteiger partial charge in [-0.1, -0.05) is 443 Å². The van der Waals surface area contributed by atoms with E-state index in [4.69, 9.17) is 29.9 Å². The van der Waals surface area contributed by atoms with Gasteiger partial charge in [0, 0.05) is 99.8 Å². The zero-order valence-corrected chi connectivity index (χ0v) is 78.1. The highest BCUT2D eigenvalue weighted by molar-refractivity contribution is 6.30. The molecule has 25 aromatic carbocycles. The molecule has 5 aromatic heterocycles.